The Balaban J connectivity index is 1.78. The number of amides is 2. The first-order valence-electron chi connectivity index (χ1n) is 6.33. The molecule has 1 aromatic carbocycles. The van der Waals surface area contributed by atoms with Gasteiger partial charge in [-0.05, 0) is 35.2 Å². The van der Waals surface area contributed by atoms with Gasteiger partial charge < -0.3 is 4.90 Å². The van der Waals surface area contributed by atoms with Gasteiger partial charge in [0.05, 0.1) is 15.0 Å². The third-order valence-electron chi connectivity index (χ3n) is 3.13. The predicted molar refractivity (Wildman–Crippen MR) is 91.7 cm³/mol. The Morgan fingerprint density at radius 2 is 2.14 bits per heavy atom. The maximum absolute atomic E-state index is 12.4. The number of thiophene rings is 1. The van der Waals surface area contributed by atoms with Crippen molar-refractivity contribution in [2.75, 3.05) is 17.6 Å². The molecular weight excluding hydrogens is 347 g/mol. The molecule has 1 N–H and O–H groups in total. The van der Waals surface area contributed by atoms with E-state index in [1.54, 1.807) is 17.8 Å². The van der Waals surface area contributed by atoms with Crippen LogP contribution in [0.25, 0.3) is 0 Å². The van der Waals surface area contributed by atoms with E-state index >= 15 is 0 Å². The molecule has 0 saturated carbocycles. The lowest BCUT2D eigenvalue weighted by molar-refractivity contribution is 0.214. The monoisotopic (exact) mass is 358 g/mol. The van der Waals surface area contributed by atoms with Gasteiger partial charge in [-0.15, -0.1) is 23.1 Å². The summed E-state index contributed by atoms with van der Waals surface area (Å²) in [5.41, 5.74) is 0.994. The maximum Gasteiger partial charge on any atom is 0.323 e. The highest BCUT2D eigenvalue weighted by Gasteiger charge is 2.31. The second-order valence-electron chi connectivity index (χ2n) is 4.50. The number of anilines is 1. The first-order chi connectivity index (χ1) is 10.1. The normalized spacial score (nSPS) is 18.0. The van der Waals surface area contributed by atoms with Crippen LogP contribution in [-0.2, 0) is 0 Å². The summed E-state index contributed by atoms with van der Waals surface area (Å²) in [7, 11) is 0. The fourth-order valence-corrected chi connectivity index (χ4v) is 4.31. The molecule has 0 aliphatic carbocycles. The van der Waals surface area contributed by atoms with Crippen LogP contribution in [0.2, 0.25) is 10.0 Å². The van der Waals surface area contributed by atoms with Gasteiger partial charge in [0, 0.05) is 12.3 Å². The van der Waals surface area contributed by atoms with Crippen LogP contribution in [0, 0.1) is 0 Å². The van der Waals surface area contributed by atoms with Gasteiger partial charge in [0.15, 0.2) is 0 Å². The van der Waals surface area contributed by atoms with Gasteiger partial charge >= 0.3 is 6.03 Å². The van der Waals surface area contributed by atoms with E-state index in [0.717, 1.165) is 16.3 Å². The molecular formula is C14H12Cl2N2OS2. The molecule has 1 aliphatic rings. The van der Waals surface area contributed by atoms with Crippen molar-refractivity contribution in [1.82, 2.24) is 4.90 Å². The molecule has 2 heterocycles. The average Bonchev–Trinajstić information content (AvgIpc) is 3.12. The van der Waals surface area contributed by atoms with Crippen LogP contribution in [-0.4, -0.2) is 23.2 Å². The van der Waals surface area contributed by atoms with E-state index < -0.39 is 0 Å². The summed E-state index contributed by atoms with van der Waals surface area (Å²) >= 11 is 15.3. The van der Waals surface area contributed by atoms with Crippen molar-refractivity contribution in [2.45, 2.75) is 5.37 Å². The largest absolute Gasteiger partial charge is 0.323 e. The zero-order valence-corrected chi connectivity index (χ0v) is 14.0. The van der Waals surface area contributed by atoms with E-state index in [2.05, 4.69) is 5.32 Å². The van der Waals surface area contributed by atoms with Crippen molar-refractivity contribution < 1.29 is 4.79 Å². The summed E-state index contributed by atoms with van der Waals surface area (Å²) in [6, 6.07) is 9.24. The van der Waals surface area contributed by atoms with E-state index in [0.29, 0.717) is 16.6 Å². The lowest BCUT2D eigenvalue weighted by Gasteiger charge is -2.24. The van der Waals surface area contributed by atoms with Gasteiger partial charge in [-0.25, -0.2) is 4.79 Å². The lowest BCUT2D eigenvalue weighted by Crippen LogP contribution is -2.34. The summed E-state index contributed by atoms with van der Waals surface area (Å²) < 4.78 is 0. The fourth-order valence-electron chi connectivity index (χ4n) is 2.15. The zero-order valence-electron chi connectivity index (χ0n) is 10.9. The Morgan fingerprint density at radius 3 is 2.86 bits per heavy atom. The van der Waals surface area contributed by atoms with Gasteiger partial charge in [-0.3, -0.25) is 5.32 Å². The van der Waals surface area contributed by atoms with Crippen molar-refractivity contribution in [3.63, 3.8) is 0 Å². The number of nitrogens with one attached hydrogen (secondary N) is 1. The minimum Gasteiger partial charge on any atom is -0.308 e. The highest BCUT2D eigenvalue weighted by Crippen LogP contribution is 2.40. The van der Waals surface area contributed by atoms with Crippen molar-refractivity contribution in [3.05, 3.63) is 51.3 Å². The van der Waals surface area contributed by atoms with E-state index in [1.165, 1.54) is 11.3 Å². The summed E-state index contributed by atoms with van der Waals surface area (Å²) in [4.78, 5) is 14.2. The molecule has 21 heavy (non-hydrogen) atoms. The molecule has 0 spiro atoms. The standard InChI is InChI=1S/C14H12Cl2N2OS2/c15-10-4-3-9(8-11(10)16)13-18(5-7-21-13)14(19)17-12-2-1-6-20-12/h1-4,6,8,13H,5,7H2,(H,17,19)/t13-/m0/s1. The molecule has 110 valence electrons. The molecule has 0 radical (unpaired) electrons. The van der Waals surface area contributed by atoms with Crippen molar-refractivity contribution in [3.8, 4) is 0 Å². The summed E-state index contributed by atoms with van der Waals surface area (Å²) in [6.07, 6.45) is 0. The van der Waals surface area contributed by atoms with Crippen LogP contribution in [0.5, 0.6) is 0 Å². The Hall–Kier alpha value is -0.880. The van der Waals surface area contributed by atoms with Gasteiger partial charge in [0.2, 0.25) is 0 Å². The smallest absolute Gasteiger partial charge is 0.308 e. The minimum absolute atomic E-state index is 0.0280. The highest BCUT2D eigenvalue weighted by molar-refractivity contribution is 7.99. The molecule has 1 atom stereocenters. The Kier molecular flexibility index (Phi) is 4.64. The van der Waals surface area contributed by atoms with Gasteiger partial charge in [0.1, 0.15) is 5.37 Å². The van der Waals surface area contributed by atoms with Crippen LogP contribution < -0.4 is 5.32 Å². The van der Waals surface area contributed by atoms with Crippen molar-refractivity contribution in [2.24, 2.45) is 0 Å². The Morgan fingerprint density at radius 1 is 1.29 bits per heavy atom. The number of carbonyl (C=O) groups is 1. The number of carbonyl (C=O) groups excluding carboxylic acids is 1. The molecule has 7 heteroatoms. The summed E-state index contributed by atoms with van der Waals surface area (Å²) in [5.74, 6) is 0.906. The van der Waals surface area contributed by atoms with Crippen LogP contribution in [0.3, 0.4) is 0 Å². The summed E-state index contributed by atoms with van der Waals surface area (Å²) in [6.45, 7) is 0.715. The molecule has 1 saturated heterocycles. The van der Waals surface area contributed by atoms with Crippen LogP contribution >= 0.6 is 46.3 Å². The molecule has 1 aromatic heterocycles. The van der Waals surface area contributed by atoms with Crippen LogP contribution in [0.1, 0.15) is 10.9 Å². The van der Waals surface area contributed by atoms with Gasteiger partial charge in [0.25, 0.3) is 0 Å². The van der Waals surface area contributed by atoms with E-state index in [-0.39, 0.29) is 11.4 Å². The number of urea groups is 1. The van der Waals surface area contributed by atoms with Gasteiger partial charge in [-0.1, -0.05) is 29.3 Å². The average molecular weight is 359 g/mol. The molecule has 2 aromatic rings. The zero-order chi connectivity index (χ0) is 14.8. The highest BCUT2D eigenvalue weighted by atomic mass is 35.5. The van der Waals surface area contributed by atoms with Crippen LogP contribution in [0.15, 0.2) is 35.7 Å². The second kappa shape index (κ2) is 6.48. The Labute approximate surface area is 141 Å². The number of hydrogen-bond donors (Lipinski definition) is 1. The van der Waals surface area contributed by atoms with Crippen molar-refractivity contribution in [1.29, 1.82) is 0 Å². The second-order valence-corrected chi connectivity index (χ2v) is 7.45. The number of rotatable bonds is 2. The SMILES string of the molecule is O=C(Nc1cccs1)N1CCS[C@H]1c1ccc(Cl)c(Cl)c1. The van der Waals surface area contributed by atoms with Gasteiger partial charge in [-0.2, -0.15) is 0 Å². The molecule has 2 amide bonds. The molecule has 0 bridgehead atoms. The third kappa shape index (κ3) is 3.31. The molecule has 3 nitrogen and oxygen atoms in total. The maximum atomic E-state index is 12.4. The lowest BCUT2D eigenvalue weighted by atomic mass is 10.2. The first-order valence-corrected chi connectivity index (χ1v) is 9.01. The van der Waals surface area contributed by atoms with E-state index in [9.17, 15) is 4.79 Å². The number of benzene rings is 1. The predicted octanol–water partition coefficient (Wildman–Crippen LogP) is 5.33. The topological polar surface area (TPSA) is 32.3 Å². The minimum atomic E-state index is -0.0847. The molecule has 3 rings (SSSR count). The fraction of sp³-hybridized carbons (Fsp3) is 0.214. The third-order valence-corrected chi connectivity index (χ3v) is 5.92. The number of thioether (sulfide) groups is 1. The number of nitrogens with zero attached hydrogens (tertiary/aromatic N) is 1. The Bertz CT molecular complexity index is 648. The number of hydrogen-bond acceptors (Lipinski definition) is 3. The molecule has 1 aliphatic heterocycles. The molecule has 1 fully saturated rings. The molecule has 0 unspecified atom stereocenters. The quantitative estimate of drug-likeness (QED) is 0.786. The van der Waals surface area contributed by atoms with Crippen molar-refractivity contribution >= 4 is 57.3 Å². The number of halogens is 2. The summed E-state index contributed by atoms with van der Waals surface area (Å²) in [5, 5.41) is 6.72. The van der Waals surface area contributed by atoms with E-state index in [1.807, 2.05) is 34.5 Å². The first kappa shape index (κ1) is 15.0. The van der Waals surface area contributed by atoms with E-state index in [4.69, 9.17) is 23.2 Å². The van der Waals surface area contributed by atoms with Crippen LogP contribution in [0.4, 0.5) is 9.80 Å².